The first-order valence-corrected chi connectivity index (χ1v) is 13.5. The van der Waals surface area contributed by atoms with E-state index in [9.17, 15) is 14.7 Å². The lowest BCUT2D eigenvalue weighted by atomic mass is 9.84. The van der Waals surface area contributed by atoms with E-state index in [1.807, 2.05) is 41.3 Å². The molecular weight excluding hydrogens is 518 g/mol. The summed E-state index contributed by atoms with van der Waals surface area (Å²) in [5.41, 5.74) is 3.47. The second kappa shape index (κ2) is 11.0. The molecule has 0 bridgehead atoms. The molecule has 6 nitrogen and oxygen atoms in total. The van der Waals surface area contributed by atoms with Crippen LogP contribution in [0, 0.1) is 5.92 Å². The number of carbonyl (C=O) groups excluding carboxylic acids is 1. The van der Waals surface area contributed by atoms with Gasteiger partial charge in [-0.15, -0.1) is 0 Å². The Kier molecular flexibility index (Phi) is 7.58. The van der Waals surface area contributed by atoms with Crippen molar-refractivity contribution in [2.75, 3.05) is 26.2 Å². The number of H-pyrrole nitrogens is 1. The van der Waals surface area contributed by atoms with Gasteiger partial charge in [0.05, 0.1) is 0 Å². The summed E-state index contributed by atoms with van der Waals surface area (Å²) in [7, 11) is 0. The molecule has 2 N–H and O–H groups in total. The smallest absolute Gasteiger partial charge is 0.321 e. The van der Waals surface area contributed by atoms with Crippen LogP contribution in [0.15, 0.2) is 65.3 Å². The van der Waals surface area contributed by atoms with Crippen molar-refractivity contribution in [2.45, 2.75) is 37.6 Å². The Morgan fingerprint density at radius 2 is 1.75 bits per heavy atom. The molecule has 0 saturated carbocycles. The molecular formula is C29H32BrN3O3. The molecule has 3 aromatic rings. The minimum absolute atomic E-state index is 0.0140. The minimum atomic E-state index is -0.736. The molecule has 1 atom stereocenters. The van der Waals surface area contributed by atoms with Crippen LogP contribution in [0.25, 0.3) is 17.0 Å². The lowest BCUT2D eigenvalue weighted by Crippen LogP contribution is -2.52. The average molecular weight is 550 g/mol. The third kappa shape index (κ3) is 5.42. The lowest BCUT2D eigenvalue weighted by Gasteiger charge is -2.41. The molecule has 2 fully saturated rings. The number of carboxylic acid groups (broad SMARTS) is 1. The summed E-state index contributed by atoms with van der Waals surface area (Å²) in [6, 6.07) is 15.7. The lowest BCUT2D eigenvalue weighted by molar-refractivity contribution is -0.147. The van der Waals surface area contributed by atoms with E-state index in [4.69, 9.17) is 0 Å². The van der Waals surface area contributed by atoms with Gasteiger partial charge in [0.2, 0.25) is 5.91 Å². The molecule has 0 spiro atoms. The number of carbonyl (C=O) groups is 2. The van der Waals surface area contributed by atoms with Crippen molar-refractivity contribution in [1.82, 2.24) is 14.8 Å². The summed E-state index contributed by atoms with van der Waals surface area (Å²) >= 11 is 3.45. The number of para-hydroxylation sites is 1. The van der Waals surface area contributed by atoms with E-state index >= 15 is 0 Å². The quantitative estimate of drug-likeness (QED) is 0.397. The summed E-state index contributed by atoms with van der Waals surface area (Å²) in [6.45, 7) is 2.77. The highest BCUT2D eigenvalue weighted by Crippen LogP contribution is 2.35. The molecule has 1 amide bonds. The van der Waals surface area contributed by atoms with Crippen LogP contribution in [0.2, 0.25) is 0 Å². The SMILES string of the molecule is O=C(O)C(C1CCN(C(=O)/C=C/c2cccc(Br)c2)CC1)N1CCC(c2c[nH]c3ccccc23)CC1. The Morgan fingerprint density at radius 1 is 1.00 bits per heavy atom. The first-order valence-electron chi connectivity index (χ1n) is 12.7. The number of carboxylic acids is 1. The zero-order chi connectivity index (χ0) is 25.1. The molecule has 188 valence electrons. The number of halogens is 1. The van der Waals surface area contributed by atoms with E-state index < -0.39 is 12.0 Å². The predicted molar refractivity (Wildman–Crippen MR) is 146 cm³/mol. The fourth-order valence-electron chi connectivity index (χ4n) is 5.90. The number of rotatable bonds is 6. The average Bonchev–Trinajstić information content (AvgIpc) is 3.32. The molecule has 1 aromatic heterocycles. The summed E-state index contributed by atoms with van der Waals surface area (Å²) in [5, 5.41) is 11.4. The fraction of sp³-hybridized carbons (Fsp3) is 0.379. The summed E-state index contributed by atoms with van der Waals surface area (Å²) < 4.78 is 0.975. The number of hydrogen-bond donors (Lipinski definition) is 2. The van der Waals surface area contributed by atoms with Gasteiger partial charge < -0.3 is 15.0 Å². The summed E-state index contributed by atoms with van der Waals surface area (Å²) in [4.78, 5) is 32.4. The van der Waals surface area contributed by atoms with Gasteiger partial charge in [-0.1, -0.05) is 46.3 Å². The number of aliphatic carboxylic acids is 1. The molecule has 5 rings (SSSR count). The monoisotopic (exact) mass is 549 g/mol. The fourth-order valence-corrected chi connectivity index (χ4v) is 6.31. The molecule has 0 radical (unpaired) electrons. The third-order valence-corrected chi connectivity index (χ3v) is 8.30. The molecule has 1 unspecified atom stereocenters. The second-order valence-corrected chi connectivity index (χ2v) is 10.8. The third-order valence-electron chi connectivity index (χ3n) is 7.80. The van der Waals surface area contributed by atoms with Gasteiger partial charge in [-0.3, -0.25) is 14.5 Å². The first-order chi connectivity index (χ1) is 17.5. The largest absolute Gasteiger partial charge is 0.480 e. The Hall–Kier alpha value is -2.90. The Labute approximate surface area is 220 Å². The van der Waals surface area contributed by atoms with Crippen molar-refractivity contribution in [1.29, 1.82) is 0 Å². The zero-order valence-electron chi connectivity index (χ0n) is 20.3. The van der Waals surface area contributed by atoms with Crippen LogP contribution in [0.5, 0.6) is 0 Å². The number of amides is 1. The molecule has 2 aliphatic rings. The zero-order valence-corrected chi connectivity index (χ0v) is 21.9. The highest BCUT2D eigenvalue weighted by atomic mass is 79.9. The van der Waals surface area contributed by atoms with Gasteiger partial charge in [0.1, 0.15) is 6.04 Å². The van der Waals surface area contributed by atoms with Crippen LogP contribution >= 0.6 is 15.9 Å². The highest BCUT2D eigenvalue weighted by Gasteiger charge is 2.38. The van der Waals surface area contributed by atoms with Crippen molar-refractivity contribution in [3.05, 3.63) is 76.4 Å². The topological polar surface area (TPSA) is 76.6 Å². The van der Waals surface area contributed by atoms with E-state index in [-0.39, 0.29) is 11.8 Å². The summed E-state index contributed by atoms with van der Waals surface area (Å²) in [6.07, 6.45) is 8.93. The Bertz CT molecular complexity index is 1250. The number of nitrogens with zero attached hydrogens (tertiary/aromatic N) is 2. The van der Waals surface area contributed by atoms with Gasteiger partial charge in [-0.05, 0) is 86.0 Å². The van der Waals surface area contributed by atoms with Crippen molar-refractivity contribution in [3.8, 4) is 0 Å². The minimum Gasteiger partial charge on any atom is -0.480 e. The van der Waals surface area contributed by atoms with Gasteiger partial charge in [-0.25, -0.2) is 0 Å². The maximum absolute atomic E-state index is 12.7. The van der Waals surface area contributed by atoms with E-state index in [0.29, 0.717) is 19.0 Å². The van der Waals surface area contributed by atoms with E-state index in [1.54, 1.807) is 6.08 Å². The molecule has 2 saturated heterocycles. The van der Waals surface area contributed by atoms with Crippen molar-refractivity contribution < 1.29 is 14.7 Å². The number of likely N-dealkylation sites (tertiary alicyclic amines) is 2. The van der Waals surface area contributed by atoms with E-state index in [2.05, 4.69) is 50.2 Å². The van der Waals surface area contributed by atoms with Crippen molar-refractivity contribution in [2.24, 2.45) is 5.92 Å². The Morgan fingerprint density at radius 3 is 2.47 bits per heavy atom. The standard InChI is InChI=1S/C29H32BrN3O3/c30-23-5-3-4-20(18-23)8-9-27(34)32-14-12-22(13-15-32)28(29(35)36)33-16-10-21(11-17-33)25-19-31-26-7-2-1-6-24(25)26/h1-9,18-19,21-22,28,31H,10-17H2,(H,35,36)/b9-8+. The molecule has 36 heavy (non-hydrogen) atoms. The number of piperidine rings is 2. The molecule has 0 aliphatic carbocycles. The summed E-state index contributed by atoms with van der Waals surface area (Å²) in [5.74, 6) is -0.242. The molecule has 3 heterocycles. The van der Waals surface area contributed by atoms with Gasteiger partial charge in [0, 0.05) is 40.7 Å². The van der Waals surface area contributed by atoms with Gasteiger partial charge >= 0.3 is 5.97 Å². The van der Waals surface area contributed by atoms with Crippen LogP contribution in [0.1, 0.15) is 42.7 Å². The van der Waals surface area contributed by atoms with E-state index in [0.717, 1.165) is 54.3 Å². The van der Waals surface area contributed by atoms with E-state index in [1.165, 1.54) is 10.9 Å². The highest BCUT2D eigenvalue weighted by molar-refractivity contribution is 9.10. The van der Waals surface area contributed by atoms with Crippen molar-refractivity contribution >= 4 is 44.8 Å². The maximum atomic E-state index is 12.7. The first kappa shape index (κ1) is 24.8. The molecule has 2 aromatic carbocycles. The van der Waals surface area contributed by atoms with Crippen LogP contribution < -0.4 is 0 Å². The second-order valence-electron chi connectivity index (χ2n) is 9.93. The number of nitrogens with one attached hydrogen (secondary N) is 1. The van der Waals surface area contributed by atoms with Gasteiger partial charge in [0.25, 0.3) is 0 Å². The van der Waals surface area contributed by atoms with Gasteiger partial charge in [-0.2, -0.15) is 0 Å². The van der Waals surface area contributed by atoms with Crippen molar-refractivity contribution in [3.63, 3.8) is 0 Å². The predicted octanol–water partition coefficient (Wildman–Crippen LogP) is 5.52. The van der Waals surface area contributed by atoms with Crippen LogP contribution in [-0.2, 0) is 9.59 Å². The normalized spacial score (nSPS) is 19.2. The maximum Gasteiger partial charge on any atom is 0.321 e. The van der Waals surface area contributed by atoms with Crippen LogP contribution in [0.4, 0.5) is 0 Å². The number of aromatic amines is 1. The number of fused-ring (bicyclic) bond motifs is 1. The molecule has 2 aliphatic heterocycles. The number of benzene rings is 2. The van der Waals surface area contributed by atoms with Gasteiger partial charge in [0.15, 0.2) is 0 Å². The van der Waals surface area contributed by atoms with Crippen LogP contribution in [0.3, 0.4) is 0 Å². The van der Waals surface area contributed by atoms with Crippen LogP contribution in [-0.4, -0.2) is 64.0 Å². The number of aromatic nitrogens is 1. The molecule has 7 heteroatoms. The number of hydrogen-bond acceptors (Lipinski definition) is 3. The Balaban J connectivity index is 1.17.